The second kappa shape index (κ2) is 7.67. The molecule has 0 saturated heterocycles. The number of nitrogens with one attached hydrogen (secondary N) is 1. The van der Waals surface area contributed by atoms with Crippen molar-refractivity contribution in [1.29, 1.82) is 0 Å². The molecule has 0 radical (unpaired) electrons. The summed E-state index contributed by atoms with van der Waals surface area (Å²) in [5.41, 5.74) is 0.342. The summed E-state index contributed by atoms with van der Waals surface area (Å²) >= 11 is 0. The standard InChI is InChI=1S/C17H20FNO4/c1-11(19-17(20)7-6-12-5-4-8-23-12)13-9-15(21-2)16(22-3)10-14(13)18/h4-5,8-11H,6-7H2,1-3H3,(H,19,20)/t11-/m0/s1. The van der Waals surface area contributed by atoms with Crippen molar-refractivity contribution in [3.05, 3.63) is 47.7 Å². The minimum absolute atomic E-state index is 0.178. The fourth-order valence-electron chi connectivity index (χ4n) is 2.28. The van der Waals surface area contributed by atoms with Gasteiger partial charge >= 0.3 is 0 Å². The van der Waals surface area contributed by atoms with Gasteiger partial charge < -0.3 is 19.2 Å². The molecule has 0 bridgehead atoms. The van der Waals surface area contributed by atoms with Gasteiger partial charge in [0.25, 0.3) is 0 Å². The number of carbonyl (C=O) groups is 1. The number of hydrogen-bond acceptors (Lipinski definition) is 4. The summed E-state index contributed by atoms with van der Waals surface area (Å²) < 4.78 is 29.6. The van der Waals surface area contributed by atoms with E-state index in [1.165, 1.54) is 26.4 Å². The molecule has 0 unspecified atom stereocenters. The van der Waals surface area contributed by atoms with Crippen LogP contribution in [0, 0.1) is 5.82 Å². The molecule has 2 aromatic rings. The minimum Gasteiger partial charge on any atom is -0.493 e. The number of carbonyl (C=O) groups excluding carboxylic acids is 1. The largest absolute Gasteiger partial charge is 0.493 e. The lowest BCUT2D eigenvalue weighted by atomic mass is 10.1. The van der Waals surface area contributed by atoms with Crippen molar-refractivity contribution in [2.45, 2.75) is 25.8 Å². The fraction of sp³-hybridized carbons (Fsp3) is 0.353. The highest BCUT2D eigenvalue weighted by molar-refractivity contribution is 5.76. The van der Waals surface area contributed by atoms with Crippen LogP contribution in [0.25, 0.3) is 0 Å². The smallest absolute Gasteiger partial charge is 0.220 e. The van der Waals surface area contributed by atoms with Crippen LogP contribution in [0.4, 0.5) is 4.39 Å². The van der Waals surface area contributed by atoms with E-state index in [9.17, 15) is 9.18 Å². The SMILES string of the molecule is COc1cc(F)c([C@H](C)NC(=O)CCc2ccco2)cc1OC. The van der Waals surface area contributed by atoms with Gasteiger partial charge in [0.1, 0.15) is 11.6 Å². The van der Waals surface area contributed by atoms with Gasteiger partial charge in [-0.1, -0.05) is 0 Å². The van der Waals surface area contributed by atoms with Crippen LogP contribution in [0.1, 0.15) is 30.7 Å². The van der Waals surface area contributed by atoms with E-state index in [2.05, 4.69) is 5.32 Å². The van der Waals surface area contributed by atoms with E-state index in [0.717, 1.165) is 5.76 Å². The van der Waals surface area contributed by atoms with E-state index in [4.69, 9.17) is 13.9 Å². The number of methoxy groups -OCH3 is 2. The van der Waals surface area contributed by atoms with Crippen LogP contribution in [-0.2, 0) is 11.2 Å². The summed E-state index contributed by atoms with van der Waals surface area (Å²) in [6.07, 6.45) is 2.33. The molecule has 0 aliphatic rings. The van der Waals surface area contributed by atoms with Crippen LogP contribution in [0.2, 0.25) is 0 Å². The van der Waals surface area contributed by atoms with Gasteiger partial charge in [0.15, 0.2) is 11.5 Å². The van der Waals surface area contributed by atoms with Crippen LogP contribution in [0.15, 0.2) is 34.9 Å². The highest BCUT2D eigenvalue weighted by atomic mass is 19.1. The maximum absolute atomic E-state index is 14.2. The van der Waals surface area contributed by atoms with Crippen molar-refractivity contribution in [1.82, 2.24) is 5.32 Å². The maximum atomic E-state index is 14.2. The van der Waals surface area contributed by atoms with E-state index in [0.29, 0.717) is 23.5 Å². The number of halogens is 1. The minimum atomic E-state index is -0.487. The molecule has 124 valence electrons. The third-order valence-corrected chi connectivity index (χ3v) is 3.53. The first-order valence-corrected chi connectivity index (χ1v) is 7.28. The molecule has 2 rings (SSSR count). The summed E-state index contributed by atoms with van der Waals surface area (Å²) in [7, 11) is 2.92. The first kappa shape index (κ1) is 16.9. The molecule has 1 aromatic carbocycles. The molecular formula is C17H20FNO4. The molecule has 0 aliphatic heterocycles. The van der Waals surface area contributed by atoms with Gasteiger partial charge in [-0.05, 0) is 25.1 Å². The van der Waals surface area contributed by atoms with Crippen LogP contribution >= 0.6 is 0 Å². The molecular weight excluding hydrogens is 301 g/mol. The van der Waals surface area contributed by atoms with Gasteiger partial charge in [-0.3, -0.25) is 4.79 Å². The average molecular weight is 321 g/mol. The number of ether oxygens (including phenoxy) is 2. The summed E-state index contributed by atoms with van der Waals surface area (Å²) in [4.78, 5) is 12.0. The Hall–Kier alpha value is -2.50. The van der Waals surface area contributed by atoms with E-state index in [1.807, 2.05) is 6.07 Å². The Kier molecular flexibility index (Phi) is 5.62. The molecule has 1 heterocycles. The molecule has 1 aromatic heterocycles. The van der Waals surface area contributed by atoms with Crippen molar-refractivity contribution in [2.24, 2.45) is 0 Å². The van der Waals surface area contributed by atoms with Crippen molar-refractivity contribution in [3.8, 4) is 11.5 Å². The lowest BCUT2D eigenvalue weighted by Gasteiger charge is -2.17. The van der Waals surface area contributed by atoms with Gasteiger partial charge in [0, 0.05) is 24.5 Å². The second-order valence-electron chi connectivity index (χ2n) is 5.10. The molecule has 23 heavy (non-hydrogen) atoms. The number of rotatable bonds is 7. The molecule has 0 aliphatic carbocycles. The number of benzene rings is 1. The molecule has 1 N–H and O–H groups in total. The Bertz CT molecular complexity index is 655. The third-order valence-electron chi connectivity index (χ3n) is 3.53. The molecule has 0 saturated carbocycles. The third kappa shape index (κ3) is 4.25. The first-order valence-electron chi connectivity index (χ1n) is 7.28. The lowest BCUT2D eigenvalue weighted by Crippen LogP contribution is -2.27. The Labute approximate surface area is 134 Å². The molecule has 6 heteroatoms. The molecule has 0 fully saturated rings. The number of amides is 1. The van der Waals surface area contributed by atoms with Crippen LogP contribution < -0.4 is 14.8 Å². The zero-order valence-electron chi connectivity index (χ0n) is 13.4. The molecule has 1 amide bonds. The van der Waals surface area contributed by atoms with Crippen molar-refractivity contribution in [3.63, 3.8) is 0 Å². The molecule has 0 spiro atoms. The zero-order valence-corrected chi connectivity index (χ0v) is 13.4. The van der Waals surface area contributed by atoms with E-state index in [1.54, 1.807) is 19.3 Å². The summed E-state index contributed by atoms with van der Waals surface area (Å²) in [6, 6.07) is 5.88. The monoisotopic (exact) mass is 321 g/mol. The molecule has 1 atom stereocenters. The van der Waals surface area contributed by atoms with Gasteiger partial charge in [-0.2, -0.15) is 0 Å². The highest BCUT2D eigenvalue weighted by Gasteiger charge is 2.18. The normalized spacial score (nSPS) is 11.8. The van der Waals surface area contributed by atoms with Crippen LogP contribution in [0.5, 0.6) is 11.5 Å². The van der Waals surface area contributed by atoms with Crippen molar-refractivity contribution >= 4 is 5.91 Å². The Morgan fingerprint density at radius 2 is 2.00 bits per heavy atom. The summed E-state index contributed by atoms with van der Waals surface area (Å²) in [6.45, 7) is 1.72. The van der Waals surface area contributed by atoms with Gasteiger partial charge in [0.2, 0.25) is 5.91 Å². The van der Waals surface area contributed by atoms with Gasteiger partial charge in [-0.15, -0.1) is 0 Å². The van der Waals surface area contributed by atoms with Crippen LogP contribution in [0.3, 0.4) is 0 Å². The lowest BCUT2D eigenvalue weighted by molar-refractivity contribution is -0.121. The number of aryl methyl sites for hydroxylation is 1. The van der Waals surface area contributed by atoms with E-state index >= 15 is 0 Å². The summed E-state index contributed by atoms with van der Waals surface area (Å²) in [5, 5.41) is 2.77. The number of hydrogen-bond donors (Lipinski definition) is 1. The highest BCUT2D eigenvalue weighted by Crippen LogP contribution is 2.32. The van der Waals surface area contributed by atoms with E-state index < -0.39 is 11.9 Å². The van der Waals surface area contributed by atoms with Crippen molar-refractivity contribution < 1.29 is 23.1 Å². The van der Waals surface area contributed by atoms with E-state index in [-0.39, 0.29) is 12.3 Å². The Morgan fingerprint density at radius 3 is 2.61 bits per heavy atom. The Morgan fingerprint density at radius 1 is 1.30 bits per heavy atom. The Balaban J connectivity index is 2.02. The zero-order chi connectivity index (χ0) is 16.8. The summed E-state index contributed by atoms with van der Waals surface area (Å²) in [5.74, 6) is 0.834. The fourth-order valence-corrected chi connectivity index (χ4v) is 2.28. The predicted molar refractivity (Wildman–Crippen MR) is 83.1 cm³/mol. The predicted octanol–water partition coefficient (Wildman–Crippen LogP) is 3.25. The first-order chi connectivity index (χ1) is 11.0. The molecule has 5 nitrogen and oxygen atoms in total. The maximum Gasteiger partial charge on any atom is 0.220 e. The van der Waals surface area contributed by atoms with Crippen molar-refractivity contribution in [2.75, 3.05) is 14.2 Å². The number of furan rings is 1. The topological polar surface area (TPSA) is 60.7 Å². The average Bonchev–Trinajstić information content (AvgIpc) is 3.05. The van der Waals surface area contributed by atoms with Gasteiger partial charge in [-0.25, -0.2) is 4.39 Å². The van der Waals surface area contributed by atoms with Gasteiger partial charge in [0.05, 0.1) is 26.5 Å². The van der Waals surface area contributed by atoms with Crippen LogP contribution in [-0.4, -0.2) is 20.1 Å². The second-order valence-corrected chi connectivity index (χ2v) is 5.10. The quantitative estimate of drug-likeness (QED) is 0.850.